The van der Waals surface area contributed by atoms with E-state index in [1.54, 1.807) is 13.2 Å². The number of aromatic nitrogens is 4. The van der Waals surface area contributed by atoms with Crippen molar-refractivity contribution in [2.45, 2.75) is 13.2 Å². The van der Waals surface area contributed by atoms with Crippen molar-refractivity contribution in [3.8, 4) is 5.75 Å². The van der Waals surface area contributed by atoms with Gasteiger partial charge in [0.2, 0.25) is 0 Å². The third kappa shape index (κ3) is 2.48. The number of hydrogen-bond donors (Lipinski definition) is 2. The van der Waals surface area contributed by atoms with E-state index in [-0.39, 0.29) is 0 Å². The third-order valence-electron chi connectivity index (χ3n) is 2.97. The molecule has 0 saturated heterocycles. The normalized spacial score (nSPS) is 11.2. The summed E-state index contributed by atoms with van der Waals surface area (Å²) in [6.45, 7) is 0.783. The molecule has 0 fully saturated rings. The molecule has 7 heteroatoms. The molecule has 0 aliphatic carbocycles. The Morgan fingerprint density at radius 3 is 2.95 bits per heavy atom. The monoisotopic (exact) mass is 291 g/mol. The molecule has 0 amide bonds. The molecule has 0 unspecified atom stereocenters. The minimum absolute atomic E-state index is 0.323. The van der Waals surface area contributed by atoms with E-state index in [1.165, 1.54) is 4.80 Å². The molecule has 0 bridgehead atoms. The largest absolute Gasteiger partial charge is 0.486 e. The number of halogens is 1. The second-order valence-electron chi connectivity index (χ2n) is 4.48. The van der Waals surface area contributed by atoms with Gasteiger partial charge in [0.15, 0.2) is 0 Å². The van der Waals surface area contributed by atoms with Crippen LogP contribution < -0.4 is 10.5 Å². The fourth-order valence-corrected chi connectivity index (χ4v) is 2.25. The Hall–Kier alpha value is -2.05. The molecular formula is C13H14ClN5O. The van der Waals surface area contributed by atoms with Crippen molar-refractivity contribution in [3.63, 3.8) is 0 Å². The topological polar surface area (TPSA) is 81.8 Å². The molecule has 2 heterocycles. The fraction of sp³-hybridized carbons (Fsp3) is 0.231. The van der Waals surface area contributed by atoms with E-state index in [0.29, 0.717) is 23.9 Å². The lowest BCUT2D eigenvalue weighted by Crippen LogP contribution is -1.98. The van der Waals surface area contributed by atoms with E-state index in [2.05, 4.69) is 15.2 Å². The van der Waals surface area contributed by atoms with E-state index < -0.39 is 0 Å². The summed E-state index contributed by atoms with van der Waals surface area (Å²) >= 11 is 6.22. The van der Waals surface area contributed by atoms with Gasteiger partial charge in [-0.1, -0.05) is 11.6 Å². The van der Waals surface area contributed by atoms with Crippen LogP contribution in [0.15, 0.2) is 24.4 Å². The Morgan fingerprint density at radius 1 is 1.40 bits per heavy atom. The molecule has 0 atom stereocenters. The lowest BCUT2D eigenvalue weighted by Gasteiger charge is -2.06. The SMILES string of the molecule is Cn1ncc(COc2cc3[nH]c(CN)cc3cc2Cl)n1. The van der Waals surface area contributed by atoms with Crippen LogP contribution in [0.3, 0.4) is 0 Å². The molecule has 6 nitrogen and oxygen atoms in total. The second kappa shape index (κ2) is 5.15. The number of aromatic amines is 1. The molecule has 0 spiro atoms. The maximum atomic E-state index is 6.22. The Morgan fingerprint density at radius 2 is 2.25 bits per heavy atom. The predicted octanol–water partition coefficient (Wildman–Crippen LogP) is 1.99. The summed E-state index contributed by atoms with van der Waals surface area (Å²) in [4.78, 5) is 4.71. The van der Waals surface area contributed by atoms with Gasteiger partial charge in [0.25, 0.3) is 0 Å². The fourth-order valence-electron chi connectivity index (χ4n) is 2.02. The van der Waals surface area contributed by atoms with Crippen LogP contribution in [0.1, 0.15) is 11.4 Å². The quantitative estimate of drug-likeness (QED) is 0.770. The number of ether oxygens (including phenoxy) is 1. The van der Waals surface area contributed by atoms with Gasteiger partial charge in [0, 0.05) is 36.3 Å². The minimum atomic E-state index is 0.323. The summed E-state index contributed by atoms with van der Waals surface area (Å²) < 4.78 is 5.69. The predicted molar refractivity (Wildman–Crippen MR) is 76.5 cm³/mol. The molecule has 0 aliphatic rings. The summed E-state index contributed by atoms with van der Waals surface area (Å²) in [5, 5.41) is 9.71. The van der Waals surface area contributed by atoms with E-state index in [0.717, 1.165) is 22.3 Å². The van der Waals surface area contributed by atoms with Gasteiger partial charge in [-0.05, 0) is 12.1 Å². The first-order chi connectivity index (χ1) is 9.65. The average molecular weight is 292 g/mol. The summed E-state index contributed by atoms with van der Waals surface area (Å²) in [6.07, 6.45) is 1.66. The standard InChI is InChI=1S/C13H14ClN5O/c1-19-16-6-10(18-19)7-20-13-4-12-8(3-11(13)14)2-9(5-15)17-12/h2-4,6,17H,5,7,15H2,1H3. The Kier molecular flexibility index (Phi) is 3.33. The van der Waals surface area contributed by atoms with E-state index >= 15 is 0 Å². The average Bonchev–Trinajstić information content (AvgIpc) is 3.01. The van der Waals surface area contributed by atoms with E-state index in [4.69, 9.17) is 22.1 Å². The maximum Gasteiger partial charge on any atom is 0.140 e. The second-order valence-corrected chi connectivity index (χ2v) is 4.89. The van der Waals surface area contributed by atoms with Crippen LogP contribution in [0.4, 0.5) is 0 Å². The zero-order valence-corrected chi connectivity index (χ0v) is 11.7. The molecular weight excluding hydrogens is 278 g/mol. The zero-order valence-electron chi connectivity index (χ0n) is 10.9. The highest BCUT2D eigenvalue weighted by Gasteiger charge is 2.08. The molecule has 20 heavy (non-hydrogen) atoms. The van der Waals surface area contributed by atoms with Gasteiger partial charge in [0.1, 0.15) is 18.1 Å². The van der Waals surface area contributed by atoms with Crippen molar-refractivity contribution < 1.29 is 4.74 Å². The number of benzene rings is 1. The summed E-state index contributed by atoms with van der Waals surface area (Å²) in [5.41, 5.74) is 8.27. The molecule has 3 rings (SSSR count). The van der Waals surface area contributed by atoms with Gasteiger partial charge in [-0.2, -0.15) is 15.0 Å². The van der Waals surface area contributed by atoms with Crippen molar-refractivity contribution in [1.82, 2.24) is 20.0 Å². The van der Waals surface area contributed by atoms with Gasteiger partial charge in [0.05, 0.1) is 11.2 Å². The third-order valence-corrected chi connectivity index (χ3v) is 3.27. The van der Waals surface area contributed by atoms with Gasteiger partial charge < -0.3 is 15.5 Å². The molecule has 1 aromatic carbocycles. The first kappa shape index (κ1) is 13.0. The first-order valence-corrected chi connectivity index (χ1v) is 6.52. The van der Waals surface area contributed by atoms with Crippen LogP contribution in [0.25, 0.3) is 10.9 Å². The number of H-pyrrole nitrogens is 1. The number of rotatable bonds is 4. The lowest BCUT2D eigenvalue weighted by atomic mass is 10.2. The molecule has 0 saturated carbocycles. The summed E-state index contributed by atoms with van der Waals surface area (Å²) in [5.74, 6) is 0.607. The van der Waals surface area contributed by atoms with Crippen LogP contribution in [-0.4, -0.2) is 20.0 Å². The Bertz CT molecular complexity index is 748. The Labute approximate surface area is 120 Å². The summed E-state index contributed by atoms with van der Waals surface area (Å²) in [6, 6.07) is 5.71. The van der Waals surface area contributed by atoms with E-state index in [1.807, 2.05) is 18.2 Å². The van der Waals surface area contributed by atoms with Crippen molar-refractivity contribution in [2.24, 2.45) is 12.8 Å². The smallest absolute Gasteiger partial charge is 0.140 e. The molecule has 0 aliphatic heterocycles. The number of nitrogens with zero attached hydrogens (tertiary/aromatic N) is 3. The highest BCUT2D eigenvalue weighted by Crippen LogP contribution is 2.30. The number of aryl methyl sites for hydroxylation is 1. The van der Waals surface area contributed by atoms with Crippen LogP contribution in [0, 0.1) is 0 Å². The van der Waals surface area contributed by atoms with Gasteiger partial charge in [-0.25, -0.2) is 0 Å². The molecule has 3 N–H and O–H groups in total. The highest BCUT2D eigenvalue weighted by atomic mass is 35.5. The highest BCUT2D eigenvalue weighted by molar-refractivity contribution is 6.32. The van der Waals surface area contributed by atoms with Gasteiger partial charge in [-0.3, -0.25) is 0 Å². The molecule has 2 aromatic heterocycles. The number of nitrogens with two attached hydrogens (primary N) is 1. The van der Waals surface area contributed by atoms with Crippen molar-refractivity contribution >= 4 is 22.5 Å². The van der Waals surface area contributed by atoms with Crippen molar-refractivity contribution in [3.05, 3.63) is 40.8 Å². The number of nitrogens with one attached hydrogen (secondary N) is 1. The first-order valence-electron chi connectivity index (χ1n) is 6.15. The molecule has 0 radical (unpaired) electrons. The van der Waals surface area contributed by atoms with Crippen LogP contribution in [-0.2, 0) is 20.2 Å². The number of fused-ring (bicyclic) bond motifs is 1. The molecule has 104 valence electrons. The zero-order chi connectivity index (χ0) is 14.1. The van der Waals surface area contributed by atoms with Crippen molar-refractivity contribution in [2.75, 3.05) is 0 Å². The van der Waals surface area contributed by atoms with Gasteiger partial charge in [-0.15, -0.1) is 0 Å². The maximum absolute atomic E-state index is 6.22. The van der Waals surface area contributed by atoms with Crippen molar-refractivity contribution in [1.29, 1.82) is 0 Å². The van der Waals surface area contributed by atoms with Gasteiger partial charge >= 0.3 is 0 Å². The van der Waals surface area contributed by atoms with Crippen LogP contribution >= 0.6 is 11.6 Å². The summed E-state index contributed by atoms with van der Waals surface area (Å²) in [7, 11) is 1.76. The number of hydrogen-bond acceptors (Lipinski definition) is 4. The Balaban J connectivity index is 1.85. The van der Waals surface area contributed by atoms with Crippen LogP contribution in [0.2, 0.25) is 5.02 Å². The lowest BCUT2D eigenvalue weighted by molar-refractivity contribution is 0.300. The molecule has 3 aromatic rings. The van der Waals surface area contributed by atoms with Crippen LogP contribution in [0.5, 0.6) is 5.75 Å². The van der Waals surface area contributed by atoms with E-state index in [9.17, 15) is 0 Å². The minimum Gasteiger partial charge on any atom is -0.486 e.